The van der Waals surface area contributed by atoms with Gasteiger partial charge in [0.25, 0.3) is 0 Å². The lowest BCUT2D eigenvalue weighted by Gasteiger charge is -2.36. The summed E-state index contributed by atoms with van der Waals surface area (Å²) in [7, 11) is 0. The van der Waals surface area contributed by atoms with Crippen LogP contribution in [-0.2, 0) is 24.3 Å². The Morgan fingerprint density at radius 3 is 2.67 bits per heavy atom. The SMILES string of the molecule is CCNC(=NCCn1cnnc1CC)N1CCN(Cc2ccc(Cl)cc2)C(=O)C1.I. The Hall–Kier alpha value is -1.88. The minimum Gasteiger partial charge on any atom is -0.357 e. The highest BCUT2D eigenvalue weighted by molar-refractivity contribution is 14.0. The highest BCUT2D eigenvalue weighted by atomic mass is 127. The molecule has 164 valence electrons. The number of amides is 1. The van der Waals surface area contributed by atoms with Gasteiger partial charge in [0.05, 0.1) is 13.1 Å². The summed E-state index contributed by atoms with van der Waals surface area (Å²) in [5.41, 5.74) is 1.08. The number of piperazine rings is 1. The number of nitrogens with zero attached hydrogens (tertiary/aromatic N) is 6. The molecule has 3 rings (SSSR count). The molecule has 2 aromatic rings. The van der Waals surface area contributed by atoms with E-state index in [1.54, 1.807) is 6.33 Å². The van der Waals surface area contributed by atoms with Crippen LogP contribution >= 0.6 is 35.6 Å². The van der Waals surface area contributed by atoms with E-state index in [2.05, 4.69) is 22.4 Å². The standard InChI is InChI=1S/C20H28ClN7O.HI/c1-3-18-25-24-15-28(18)10-9-23-20(22-4-2)27-12-11-26(19(29)14-27)13-16-5-7-17(21)8-6-16;/h5-8,15H,3-4,9-14H2,1-2H3,(H,22,23);1H. The first-order valence-corrected chi connectivity index (χ1v) is 10.4. The Balaban J connectivity index is 0.00000320. The van der Waals surface area contributed by atoms with Crippen LogP contribution in [0.3, 0.4) is 0 Å². The van der Waals surface area contributed by atoms with Crippen LogP contribution in [0.5, 0.6) is 0 Å². The lowest BCUT2D eigenvalue weighted by Crippen LogP contribution is -2.55. The summed E-state index contributed by atoms with van der Waals surface area (Å²) in [5, 5.41) is 12.1. The molecule has 10 heteroatoms. The van der Waals surface area contributed by atoms with Gasteiger partial charge in [0.15, 0.2) is 5.96 Å². The van der Waals surface area contributed by atoms with Crippen molar-refractivity contribution in [3.8, 4) is 0 Å². The molecule has 30 heavy (non-hydrogen) atoms. The van der Waals surface area contributed by atoms with E-state index in [0.717, 1.165) is 43.4 Å². The second-order valence-electron chi connectivity index (χ2n) is 6.89. The fourth-order valence-corrected chi connectivity index (χ4v) is 3.42. The number of hydrogen-bond acceptors (Lipinski definition) is 4. The van der Waals surface area contributed by atoms with Crippen molar-refractivity contribution in [2.45, 2.75) is 33.4 Å². The Bertz CT molecular complexity index is 840. The predicted octanol–water partition coefficient (Wildman–Crippen LogP) is 2.42. The third-order valence-electron chi connectivity index (χ3n) is 4.85. The average molecular weight is 546 g/mol. The molecule has 0 saturated carbocycles. The molecule has 1 aliphatic rings. The van der Waals surface area contributed by atoms with Crippen molar-refractivity contribution in [1.29, 1.82) is 0 Å². The van der Waals surface area contributed by atoms with Crippen molar-refractivity contribution in [3.05, 3.63) is 47.0 Å². The minimum absolute atomic E-state index is 0. The van der Waals surface area contributed by atoms with Crippen molar-refractivity contribution in [2.75, 3.05) is 32.7 Å². The van der Waals surface area contributed by atoms with Gasteiger partial charge in [0.1, 0.15) is 12.2 Å². The Labute approximate surface area is 199 Å². The maximum absolute atomic E-state index is 12.7. The van der Waals surface area contributed by atoms with Gasteiger partial charge in [0, 0.05) is 44.2 Å². The summed E-state index contributed by atoms with van der Waals surface area (Å²) in [6, 6.07) is 7.63. The molecule has 1 aliphatic heterocycles. The van der Waals surface area contributed by atoms with Gasteiger partial charge in [-0.05, 0) is 24.6 Å². The average Bonchev–Trinajstić information content (AvgIpc) is 3.18. The van der Waals surface area contributed by atoms with E-state index in [0.29, 0.717) is 31.2 Å². The van der Waals surface area contributed by atoms with Crippen molar-refractivity contribution < 1.29 is 4.79 Å². The number of aryl methyl sites for hydroxylation is 1. The second-order valence-corrected chi connectivity index (χ2v) is 7.33. The number of halogens is 2. The zero-order valence-corrected chi connectivity index (χ0v) is 20.5. The smallest absolute Gasteiger partial charge is 0.242 e. The van der Waals surface area contributed by atoms with Crippen LogP contribution < -0.4 is 5.32 Å². The van der Waals surface area contributed by atoms with Crippen molar-refractivity contribution >= 4 is 47.4 Å². The molecule has 1 aromatic carbocycles. The highest BCUT2D eigenvalue weighted by Gasteiger charge is 2.25. The first-order valence-electron chi connectivity index (χ1n) is 10.0. The number of carbonyl (C=O) groups excluding carboxylic acids is 1. The largest absolute Gasteiger partial charge is 0.357 e. The van der Waals surface area contributed by atoms with Gasteiger partial charge in [-0.25, -0.2) is 0 Å². The molecular formula is C20H29ClIN7O. The van der Waals surface area contributed by atoms with Crippen LogP contribution in [0.4, 0.5) is 0 Å². The first-order chi connectivity index (χ1) is 14.1. The van der Waals surface area contributed by atoms with Gasteiger partial charge in [0.2, 0.25) is 5.91 Å². The molecular weight excluding hydrogens is 517 g/mol. The molecule has 1 fully saturated rings. The third-order valence-corrected chi connectivity index (χ3v) is 5.11. The van der Waals surface area contributed by atoms with Gasteiger partial charge in [-0.15, -0.1) is 34.2 Å². The Morgan fingerprint density at radius 1 is 1.23 bits per heavy atom. The zero-order chi connectivity index (χ0) is 20.6. The van der Waals surface area contributed by atoms with Crippen LogP contribution in [0.15, 0.2) is 35.6 Å². The van der Waals surface area contributed by atoms with Gasteiger partial charge < -0.3 is 19.7 Å². The molecule has 0 spiro atoms. The Morgan fingerprint density at radius 2 is 2.00 bits per heavy atom. The van der Waals surface area contributed by atoms with Crippen LogP contribution in [0, 0.1) is 0 Å². The fraction of sp³-hybridized carbons (Fsp3) is 0.500. The molecule has 2 heterocycles. The number of benzene rings is 1. The van der Waals surface area contributed by atoms with E-state index < -0.39 is 0 Å². The molecule has 1 amide bonds. The van der Waals surface area contributed by atoms with Crippen LogP contribution in [0.25, 0.3) is 0 Å². The zero-order valence-electron chi connectivity index (χ0n) is 17.4. The predicted molar refractivity (Wildman–Crippen MR) is 129 cm³/mol. The molecule has 0 bridgehead atoms. The highest BCUT2D eigenvalue weighted by Crippen LogP contribution is 2.13. The molecule has 1 N–H and O–H groups in total. The van der Waals surface area contributed by atoms with Gasteiger partial charge in [-0.2, -0.15) is 0 Å². The fourth-order valence-electron chi connectivity index (χ4n) is 3.30. The maximum Gasteiger partial charge on any atom is 0.242 e. The van der Waals surface area contributed by atoms with Crippen molar-refractivity contribution in [1.82, 2.24) is 29.9 Å². The van der Waals surface area contributed by atoms with E-state index in [1.807, 2.05) is 45.6 Å². The Kier molecular flexibility index (Phi) is 9.83. The second kappa shape index (κ2) is 12.1. The third kappa shape index (κ3) is 6.56. The van der Waals surface area contributed by atoms with E-state index >= 15 is 0 Å². The summed E-state index contributed by atoms with van der Waals surface area (Å²) >= 11 is 5.94. The number of rotatable bonds is 7. The lowest BCUT2D eigenvalue weighted by molar-refractivity contribution is -0.135. The van der Waals surface area contributed by atoms with E-state index in [4.69, 9.17) is 16.6 Å². The van der Waals surface area contributed by atoms with Crippen molar-refractivity contribution in [2.24, 2.45) is 4.99 Å². The maximum atomic E-state index is 12.7. The van der Waals surface area contributed by atoms with Crippen molar-refractivity contribution in [3.63, 3.8) is 0 Å². The summed E-state index contributed by atoms with van der Waals surface area (Å²) < 4.78 is 2.02. The summed E-state index contributed by atoms with van der Waals surface area (Å²) in [4.78, 5) is 21.3. The van der Waals surface area contributed by atoms with Crippen LogP contribution in [0.1, 0.15) is 25.2 Å². The monoisotopic (exact) mass is 545 g/mol. The molecule has 0 unspecified atom stereocenters. The molecule has 0 radical (unpaired) electrons. The minimum atomic E-state index is 0. The number of hydrogen-bond donors (Lipinski definition) is 1. The van der Waals surface area contributed by atoms with E-state index in [9.17, 15) is 4.79 Å². The number of carbonyl (C=O) groups is 1. The lowest BCUT2D eigenvalue weighted by atomic mass is 10.2. The quantitative estimate of drug-likeness (QED) is 0.329. The number of aliphatic imine (C=N–C) groups is 1. The topological polar surface area (TPSA) is 78.7 Å². The van der Waals surface area contributed by atoms with E-state index in [-0.39, 0.29) is 29.9 Å². The normalized spacial score (nSPS) is 14.6. The number of guanidine groups is 1. The van der Waals surface area contributed by atoms with Gasteiger partial charge >= 0.3 is 0 Å². The molecule has 0 aliphatic carbocycles. The first kappa shape index (κ1) is 24.4. The van der Waals surface area contributed by atoms with Gasteiger partial charge in [-0.3, -0.25) is 9.79 Å². The number of nitrogens with one attached hydrogen (secondary N) is 1. The van der Waals surface area contributed by atoms with E-state index in [1.165, 1.54) is 0 Å². The molecule has 8 nitrogen and oxygen atoms in total. The summed E-state index contributed by atoms with van der Waals surface area (Å²) in [6.45, 7) is 8.51. The molecule has 1 saturated heterocycles. The molecule has 1 aromatic heterocycles. The molecule has 0 atom stereocenters. The summed E-state index contributed by atoms with van der Waals surface area (Å²) in [6.07, 6.45) is 2.58. The van der Waals surface area contributed by atoms with Gasteiger partial charge in [-0.1, -0.05) is 30.7 Å². The summed E-state index contributed by atoms with van der Waals surface area (Å²) in [5.74, 6) is 1.83. The van der Waals surface area contributed by atoms with Crippen LogP contribution in [0.2, 0.25) is 5.02 Å². The number of aromatic nitrogens is 3. The van der Waals surface area contributed by atoms with Crippen LogP contribution in [-0.4, -0.2) is 69.2 Å².